The van der Waals surface area contributed by atoms with Gasteiger partial charge in [0.05, 0.1) is 41.4 Å². The fourth-order valence-corrected chi connectivity index (χ4v) is 7.09. The monoisotopic (exact) mass is 648 g/mol. The second kappa shape index (κ2) is 13.6. The van der Waals surface area contributed by atoms with Crippen molar-refractivity contribution in [2.24, 2.45) is 11.8 Å². The number of nitrogens with one attached hydrogen (secondary N) is 1. The van der Waals surface area contributed by atoms with Crippen LogP contribution in [-0.4, -0.2) is 48.8 Å². The van der Waals surface area contributed by atoms with Crippen molar-refractivity contribution in [1.29, 1.82) is 0 Å². The van der Waals surface area contributed by atoms with Crippen LogP contribution < -0.4 is 5.32 Å². The Morgan fingerprint density at radius 1 is 1.00 bits per heavy atom. The molecule has 0 aliphatic carbocycles. The number of alkyl halides is 6. The molecule has 3 aliphatic rings. The van der Waals surface area contributed by atoms with Crippen LogP contribution in [0.25, 0.3) is 0 Å². The molecule has 3 saturated heterocycles. The van der Waals surface area contributed by atoms with Crippen LogP contribution in [0.1, 0.15) is 68.2 Å². The first-order chi connectivity index (χ1) is 20.2. The number of benzene rings is 2. The van der Waals surface area contributed by atoms with Crippen LogP contribution in [0.3, 0.4) is 0 Å². The molecule has 3 aliphatic heterocycles. The number of carbonyl (C=O) groups is 1. The number of nitrogens with zero attached hydrogens (tertiary/aromatic N) is 1. The summed E-state index contributed by atoms with van der Waals surface area (Å²) in [7, 11) is 0. The minimum atomic E-state index is -4.92. The van der Waals surface area contributed by atoms with Crippen molar-refractivity contribution in [3.63, 3.8) is 0 Å². The van der Waals surface area contributed by atoms with Crippen LogP contribution in [0, 0.1) is 11.8 Å². The van der Waals surface area contributed by atoms with Crippen molar-refractivity contribution in [3.05, 3.63) is 70.8 Å². The highest BCUT2D eigenvalue weighted by Gasteiger charge is 2.54. The van der Waals surface area contributed by atoms with E-state index in [-0.39, 0.29) is 60.6 Å². The molecule has 0 spiro atoms. The van der Waals surface area contributed by atoms with Crippen LogP contribution in [0.15, 0.2) is 48.5 Å². The third kappa shape index (κ3) is 7.71. The molecule has 2 aromatic rings. The normalized spacial score (nSPS) is 27.7. The van der Waals surface area contributed by atoms with Gasteiger partial charge in [0, 0.05) is 19.1 Å². The minimum absolute atomic E-state index is 0. The molecule has 5 atom stereocenters. The second-order valence-corrected chi connectivity index (χ2v) is 12.4. The van der Waals surface area contributed by atoms with Gasteiger partial charge in [-0.15, -0.1) is 12.4 Å². The van der Waals surface area contributed by atoms with Crippen LogP contribution in [0.4, 0.5) is 26.3 Å². The van der Waals surface area contributed by atoms with Gasteiger partial charge in [0.25, 0.3) is 0 Å². The fourth-order valence-electron chi connectivity index (χ4n) is 7.09. The molecule has 244 valence electrons. The summed E-state index contributed by atoms with van der Waals surface area (Å²) < 4.78 is 92.4. The number of piperidine rings is 2. The number of hydrogen-bond donors (Lipinski definition) is 1. The van der Waals surface area contributed by atoms with E-state index in [0.717, 1.165) is 50.0 Å². The Hall–Kier alpha value is -2.34. The van der Waals surface area contributed by atoms with Gasteiger partial charge in [-0.25, -0.2) is 0 Å². The van der Waals surface area contributed by atoms with Gasteiger partial charge in [-0.3, -0.25) is 4.79 Å². The SMILES string of the molecule is CC(C)OC(=O)C1CCCN(C[C@H]2C[C@]3(c4ccccc4)N[C@H]2CC[C@H]3OCc2cc(C(F)(F)F)cc(C(F)(F)F)c2)C1.Cl. The Kier molecular flexibility index (Phi) is 10.6. The predicted molar refractivity (Wildman–Crippen MR) is 155 cm³/mol. The summed E-state index contributed by atoms with van der Waals surface area (Å²) in [4.78, 5) is 14.9. The van der Waals surface area contributed by atoms with Gasteiger partial charge < -0.3 is 19.7 Å². The molecule has 2 aromatic carbocycles. The number of rotatable bonds is 8. The zero-order valence-electron chi connectivity index (χ0n) is 24.7. The van der Waals surface area contributed by atoms with Crippen molar-refractivity contribution in [2.75, 3.05) is 19.6 Å². The number of ether oxygens (including phenoxy) is 2. The molecule has 1 N–H and O–H groups in total. The smallest absolute Gasteiger partial charge is 0.416 e. The summed E-state index contributed by atoms with van der Waals surface area (Å²) in [5.74, 6) is -0.113. The van der Waals surface area contributed by atoms with E-state index in [4.69, 9.17) is 9.47 Å². The molecule has 44 heavy (non-hydrogen) atoms. The van der Waals surface area contributed by atoms with Crippen molar-refractivity contribution in [1.82, 2.24) is 10.2 Å². The van der Waals surface area contributed by atoms with E-state index in [1.807, 2.05) is 44.2 Å². The molecule has 3 fully saturated rings. The number of esters is 1. The number of carbonyl (C=O) groups excluding carboxylic acids is 1. The topological polar surface area (TPSA) is 50.8 Å². The Labute approximate surface area is 260 Å². The van der Waals surface area contributed by atoms with Crippen molar-refractivity contribution in [2.45, 2.75) is 88.7 Å². The lowest BCUT2D eigenvalue weighted by Gasteiger charge is -2.42. The van der Waals surface area contributed by atoms with Crippen molar-refractivity contribution >= 4 is 18.4 Å². The molecule has 1 unspecified atom stereocenters. The number of fused-ring (bicyclic) bond motifs is 2. The van der Waals surface area contributed by atoms with E-state index in [1.54, 1.807) is 0 Å². The summed E-state index contributed by atoms with van der Waals surface area (Å²) in [5.41, 5.74) is -2.54. The van der Waals surface area contributed by atoms with Crippen LogP contribution in [-0.2, 0) is 38.8 Å². The summed E-state index contributed by atoms with van der Waals surface area (Å²) >= 11 is 0. The van der Waals surface area contributed by atoms with Gasteiger partial charge in [-0.2, -0.15) is 26.3 Å². The van der Waals surface area contributed by atoms with E-state index in [2.05, 4.69) is 10.2 Å². The second-order valence-electron chi connectivity index (χ2n) is 12.4. The molecule has 0 aromatic heterocycles. The summed E-state index contributed by atoms with van der Waals surface area (Å²) in [6.45, 7) is 5.58. The Bertz CT molecular complexity index is 1240. The van der Waals surface area contributed by atoms with Gasteiger partial charge in [0.1, 0.15) is 0 Å². The Morgan fingerprint density at radius 2 is 1.66 bits per heavy atom. The largest absolute Gasteiger partial charge is 0.463 e. The maximum absolute atomic E-state index is 13.4. The number of likely N-dealkylation sites (tertiary alicyclic amines) is 1. The van der Waals surface area contributed by atoms with Crippen molar-refractivity contribution in [3.8, 4) is 0 Å². The van der Waals surface area contributed by atoms with Gasteiger partial charge in [0.2, 0.25) is 0 Å². The molecule has 5 rings (SSSR count). The number of hydrogen-bond acceptors (Lipinski definition) is 5. The zero-order valence-corrected chi connectivity index (χ0v) is 25.5. The Morgan fingerprint density at radius 3 is 2.27 bits per heavy atom. The van der Waals surface area contributed by atoms with E-state index in [1.165, 1.54) is 0 Å². The summed E-state index contributed by atoms with van der Waals surface area (Å²) in [6, 6.07) is 11.5. The number of halogens is 7. The van der Waals surface area contributed by atoms with Gasteiger partial charge in [-0.05, 0) is 87.7 Å². The van der Waals surface area contributed by atoms with Crippen LogP contribution in [0.5, 0.6) is 0 Å². The van der Waals surface area contributed by atoms with Crippen LogP contribution in [0.2, 0.25) is 0 Å². The standard InChI is InChI=1S/C32H38F6N2O3.ClH/c1-20(2)43-29(41)22-7-6-12-40(17-22)18-23-16-30(24-8-4-3-5-9-24)28(11-10-27(23)39-30)42-19-21-13-25(31(33,34)35)15-26(14-21)32(36,37)38;/h3-5,8-9,13-15,20,22-23,27-28,39H,6-7,10-12,16-19H2,1-2H3;1H/t22?,23-,27+,28-,30-;/m1./s1. The lowest BCUT2D eigenvalue weighted by atomic mass is 9.80. The van der Waals surface area contributed by atoms with E-state index in [9.17, 15) is 31.1 Å². The molecule has 2 bridgehead atoms. The van der Waals surface area contributed by atoms with Gasteiger partial charge >= 0.3 is 18.3 Å². The Balaban J connectivity index is 0.00000442. The maximum Gasteiger partial charge on any atom is 0.416 e. The summed E-state index contributed by atoms with van der Waals surface area (Å²) in [6.07, 6.45) is -6.71. The first-order valence-corrected chi connectivity index (χ1v) is 14.9. The highest BCUT2D eigenvalue weighted by molar-refractivity contribution is 5.85. The molecule has 12 heteroatoms. The quantitative estimate of drug-likeness (QED) is 0.240. The van der Waals surface area contributed by atoms with Crippen LogP contribution >= 0.6 is 12.4 Å². The van der Waals surface area contributed by atoms with E-state index < -0.39 is 35.1 Å². The third-order valence-corrected chi connectivity index (χ3v) is 8.96. The van der Waals surface area contributed by atoms with Crippen molar-refractivity contribution < 1.29 is 40.6 Å². The highest BCUT2D eigenvalue weighted by Crippen LogP contribution is 2.48. The summed E-state index contributed by atoms with van der Waals surface area (Å²) in [5, 5.41) is 3.77. The molecular formula is C32H39ClF6N2O3. The first-order valence-electron chi connectivity index (χ1n) is 14.9. The molecule has 0 radical (unpaired) electrons. The molecule has 0 amide bonds. The predicted octanol–water partition coefficient (Wildman–Crippen LogP) is 7.36. The fraction of sp³-hybridized carbons (Fsp3) is 0.594. The lowest BCUT2D eigenvalue weighted by Crippen LogP contribution is -2.54. The van der Waals surface area contributed by atoms with E-state index >= 15 is 0 Å². The lowest BCUT2D eigenvalue weighted by molar-refractivity contribution is -0.154. The molecule has 0 saturated carbocycles. The van der Waals surface area contributed by atoms with Gasteiger partial charge in [0.15, 0.2) is 0 Å². The first kappa shape index (κ1) is 34.5. The maximum atomic E-state index is 13.4. The molecular weight excluding hydrogens is 610 g/mol. The zero-order chi connectivity index (χ0) is 31.0. The molecule has 5 nitrogen and oxygen atoms in total. The average molecular weight is 649 g/mol. The highest BCUT2D eigenvalue weighted by atomic mass is 35.5. The average Bonchev–Trinajstić information content (AvgIpc) is 3.24. The minimum Gasteiger partial charge on any atom is -0.463 e. The van der Waals surface area contributed by atoms with E-state index in [0.29, 0.717) is 19.4 Å². The molecule has 3 heterocycles. The third-order valence-electron chi connectivity index (χ3n) is 8.96. The van der Waals surface area contributed by atoms with Gasteiger partial charge in [-0.1, -0.05) is 30.3 Å².